The van der Waals surface area contributed by atoms with E-state index in [0.29, 0.717) is 13.0 Å². The van der Waals surface area contributed by atoms with Gasteiger partial charge in [-0.2, -0.15) is 0 Å². The predicted octanol–water partition coefficient (Wildman–Crippen LogP) is 0.0940. The maximum atomic E-state index is 11.6. The number of carboxylic acids is 1. The number of carbonyl (C=O) groups is 4. The van der Waals surface area contributed by atoms with Gasteiger partial charge in [-0.25, -0.2) is 0 Å². The Bertz CT molecular complexity index is 438. The van der Waals surface area contributed by atoms with Crippen LogP contribution < -0.4 is 5.32 Å². The molecule has 1 heterocycles. The van der Waals surface area contributed by atoms with Crippen molar-refractivity contribution in [1.29, 1.82) is 0 Å². The molecule has 1 saturated heterocycles. The van der Waals surface area contributed by atoms with E-state index in [0.717, 1.165) is 18.2 Å². The van der Waals surface area contributed by atoms with E-state index >= 15 is 0 Å². The van der Waals surface area contributed by atoms with Gasteiger partial charge in [0.2, 0.25) is 17.7 Å². The SMILES string of the molecule is CC(C)C(SCC(=O)NC(=O)CN1CCCC1=O)C(=O)O. The van der Waals surface area contributed by atoms with E-state index in [2.05, 4.69) is 5.32 Å². The third-order valence-electron chi connectivity index (χ3n) is 3.03. The van der Waals surface area contributed by atoms with Gasteiger partial charge in [-0.3, -0.25) is 24.5 Å². The summed E-state index contributed by atoms with van der Waals surface area (Å²) in [6.07, 6.45) is 1.16. The fourth-order valence-electron chi connectivity index (χ4n) is 1.99. The number of carboxylic acid groups (broad SMARTS) is 1. The van der Waals surface area contributed by atoms with E-state index in [9.17, 15) is 19.2 Å². The number of carbonyl (C=O) groups excluding carboxylic acids is 3. The molecule has 1 atom stereocenters. The molecule has 3 amide bonds. The lowest BCUT2D eigenvalue weighted by atomic mass is 10.1. The molecule has 0 bridgehead atoms. The number of hydrogen-bond donors (Lipinski definition) is 2. The van der Waals surface area contributed by atoms with Crippen LogP contribution in [-0.2, 0) is 19.2 Å². The van der Waals surface area contributed by atoms with E-state index in [-0.39, 0.29) is 24.1 Å². The number of imide groups is 1. The Hall–Kier alpha value is -1.57. The molecule has 21 heavy (non-hydrogen) atoms. The Labute approximate surface area is 127 Å². The molecule has 1 rings (SSSR count). The molecule has 0 radical (unpaired) electrons. The van der Waals surface area contributed by atoms with E-state index < -0.39 is 23.0 Å². The Morgan fingerprint density at radius 2 is 2.00 bits per heavy atom. The zero-order valence-corrected chi connectivity index (χ0v) is 12.9. The van der Waals surface area contributed by atoms with Gasteiger partial charge in [-0.1, -0.05) is 13.8 Å². The van der Waals surface area contributed by atoms with Crippen LogP contribution in [0.5, 0.6) is 0 Å². The number of likely N-dealkylation sites (tertiary alicyclic amines) is 1. The van der Waals surface area contributed by atoms with Crippen molar-refractivity contribution < 1.29 is 24.3 Å². The Kier molecular flexibility index (Phi) is 6.67. The summed E-state index contributed by atoms with van der Waals surface area (Å²) in [5.74, 6) is -2.35. The molecule has 8 heteroatoms. The molecule has 0 aliphatic carbocycles. The van der Waals surface area contributed by atoms with Gasteiger partial charge in [0.25, 0.3) is 0 Å². The van der Waals surface area contributed by atoms with E-state index in [1.54, 1.807) is 13.8 Å². The van der Waals surface area contributed by atoms with Crippen LogP contribution in [0.4, 0.5) is 0 Å². The molecule has 0 spiro atoms. The number of nitrogens with zero attached hydrogens (tertiary/aromatic N) is 1. The molecule has 0 saturated carbocycles. The van der Waals surface area contributed by atoms with Gasteiger partial charge in [0.1, 0.15) is 5.25 Å². The molecule has 1 aliphatic rings. The second-order valence-corrected chi connectivity index (χ2v) is 6.33. The third-order valence-corrected chi connectivity index (χ3v) is 4.56. The lowest BCUT2D eigenvalue weighted by Gasteiger charge is -2.16. The molecular weight excluding hydrogens is 296 g/mol. The average Bonchev–Trinajstić information content (AvgIpc) is 2.74. The Balaban J connectivity index is 2.34. The normalized spacial score (nSPS) is 16.1. The number of hydrogen-bond acceptors (Lipinski definition) is 5. The summed E-state index contributed by atoms with van der Waals surface area (Å²) in [5.41, 5.74) is 0. The van der Waals surface area contributed by atoms with Crippen LogP contribution in [-0.4, -0.2) is 57.8 Å². The highest BCUT2D eigenvalue weighted by Crippen LogP contribution is 2.19. The second kappa shape index (κ2) is 8.02. The zero-order chi connectivity index (χ0) is 16.0. The molecule has 118 valence electrons. The van der Waals surface area contributed by atoms with Crippen molar-refractivity contribution in [2.24, 2.45) is 5.92 Å². The standard InChI is InChI=1S/C13H20N2O5S/c1-8(2)12(13(19)20)21-7-10(17)14-9(16)6-15-5-3-4-11(15)18/h8,12H,3-7H2,1-2H3,(H,19,20)(H,14,16,17). The first-order valence-corrected chi connectivity index (χ1v) is 7.81. The lowest BCUT2D eigenvalue weighted by Crippen LogP contribution is -2.41. The van der Waals surface area contributed by atoms with E-state index in [1.807, 2.05) is 0 Å². The fourth-order valence-corrected chi connectivity index (χ4v) is 2.92. The molecule has 1 unspecified atom stereocenters. The molecule has 7 nitrogen and oxygen atoms in total. The summed E-state index contributed by atoms with van der Waals surface area (Å²) in [4.78, 5) is 47.0. The van der Waals surface area contributed by atoms with Crippen LogP contribution in [0.15, 0.2) is 0 Å². The van der Waals surface area contributed by atoms with Crippen molar-refractivity contribution in [2.75, 3.05) is 18.8 Å². The van der Waals surface area contributed by atoms with Gasteiger partial charge in [-0.05, 0) is 12.3 Å². The van der Waals surface area contributed by atoms with Gasteiger partial charge in [0, 0.05) is 13.0 Å². The highest BCUT2D eigenvalue weighted by atomic mass is 32.2. The first-order chi connectivity index (χ1) is 9.81. The van der Waals surface area contributed by atoms with Gasteiger partial charge in [0.15, 0.2) is 0 Å². The molecule has 0 aromatic carbocycles. The van der Waals surface area contributed by atoms with Crippen LogP contribution in [0, 0.1) is 5.92 Å². The highest BCUT2D eigenvalue weighted by molar-refractivity contribution is 8.01. The minimum atomic E-state index is -0.975. The van der Waals surface area contributed by atoms with Crippen LogP contribution in [0.1, 0.15) is 26.7 Å². The fraction of sp³-hybridized carbons (Fsp3) is 0.692. The van der Waals surface area contributed by atoms with Crippen LogP contribution in [0.2, 0.25) is 0 Å². The zero-order valence-electron chi connectivity index (χ0n) is 12.1. The number of aliphatic carboxylic acids is 1. The number of nitrogens with one attached hydrogen (secondary N) is 1. The lowest BCUT2D eigenvalue weighted by molar-refractivity contribution is -0.137. The Morgan fingerprint density at radius 1 is 1.33 bits per heavy atom. The molecule has 0 aromatic heterocycles. The minimum absolute atomic E-state index is 0.0854. The summed E-state index contributed by atoms with van der Waals surface area (Å²) < 4.78 is 0. The molecular formula is C13H20N2O5S. The number of rotatable bonds is 7. The monoisotopic (exact) mass is 316 g/mol. The molecule has 2 N–H and O–H groups in total. The summed E-state index contributed by atoms with van der Waals surface area (Å²) in [5, 5.41) is 10.5. The minimum Gasteiger partial charge on any atom is -0.480 e. The van der Waals surface area contributed by atoms with Crippen molar-refractivity contribution in [3.05, 3.63) is 0 Å². The molecule has 1 fully saturated rings. The van der Waals surface area contributed by atoms with Crippen molar-refractivity contribution in [1.82, 2.24) is 10.2 Å². The summed E-state index contributed by atoms with van der Waals surface area (Å²) in [7, 11) is 0. The van der Waals surface area contributed by atoms with Crippen molar-refractivity contribution in [2.45, 2.75) is 31.9 Å². The van der Waals surface area contributed by atoms with Gasteiger partial charge in [-0.15, -0.1) is 11.8 Å². The largest absolute Gasteiger partial charge is 0.480 e. The van der Waals surface area contributed by atoms with Crippen LogP contribution in [0.25, 0.3) is 0 Å². The van der Waals surface area contributed by atoms with Crippen LogP contribution in [0.3, 0.4) is 0 Å². The first-order valence-electron chi connectivity index (χ1n) is 6.76. The molecule has 0 aromatic rings. The van der Waals surface area contributed by atoms with E-state index in [4.69, 9.17) is 5.11 Å². The van der Waals surface area contributed by atoms with Gasteiger partial charge >= 0.3 is 5.97 Å². The summed E-state index contributed by atoms with van der Waals surface area (Å²) in [6.45, 7) is 3.92. The highest BCUT2D eigenvalue weighted by Gasteiger charge is 2.25. The molecule has 1 aliphatic heterocycles. The number of thioether (sulfide) groups is 1. The maximum absolute atomic E-state index is 11.6. The first kappa shape index (κ1) is 17.5. The summed E-state index contributed by atoms with van der Waals surface area (Å²) >= 11 is 0.987. The smallest absolute Gasteiger partial charge is 0.316 e. The van der Waals surface area contributed by atoms with E-state index in [1.165, 1.54) is 4.90 Å². The predicted molar refractivity (Wildman–Crippen MR) is 77.7 cm³/mol. The Morgan fingerprint density at radius 3 is 2.48 bits per heavy atom. The maximum Gasteiger partial charge on any atom is 0.316 e. The quantitative estimate of drug-likeness (QED) is 0.690. The van der Waals surface area contributed by atoms with Crippen LogP contribution >= 0.6 is 11.8 Å². The second-order valence-electron chi connectivity index (χ2n) is 5.20. The van der Waals surface area contributed by atoms with Gasteiger partial charge in [0.05, 0.1) is 12.3 Å². The van der Waals surface area contributed by atoms with Crippen molar-refractivity contribution in [3.8, 4) is 0 Å². The average molecular weight is 316 g/mol. The van der Waals surface area contributed by atoms with Gasteiger partial charge < -0.3 is 10.0 Å². The summed E-state index contributed by atoms with van der Waals surface area (Å²) in [6, 6.07) is 0. The number of amides is 3. The topological polar surface area (TPSA) is 104 Å². The van der Waals surface area contributed by atoms with Crippen molar-refractivity contribution in [3.63, 3.8) is 0 Å². The third kappa shape index (κ3) is 5.74. The van der Waals surface area contributed by atoms with Crippen molar-refractivity contribution >= 4 is 35.5 Å².